The number of para-hydroxylation sites is 1. The molecule has 0 aliphatic carbocycles. The van der Waals surface area contributed by atoms with Crippen LogP contribution in [0.2, 0.25) is 0 Å². The molecule has 0 aromatic heterocycles. The predicted octanol–water partition coefficient (Wildman–Crippen LogP) is 2.59. The Bertz CT molecular complexity index is 828. The van der Waals surface area contributed by atoms with Crippen LogP contribution < -0.4 is 15.4 Å². The van der Waals surface area contributed by atoms with Crippen molar-refractivity contribution < 1.29 is 14.3 Å². The van der Waals surface area contributed by atoms with Crippen molar-refractivity contribution in [1.82, 2.24) is 10.2 Å². The van der Waals surface area contributed by atoms with Crippen molar-refractivity contribution in [2.24, 2.45) is 0 Å². The second-order valence-corrected chi connectivity index (χ2v) is 6.41. The molecule has 1 aliphatic rings. The number of amides is 2. The van der Waals surface area contributed by atoms with Gasteiger partial charge >= 0.3 is 6.03 Å². The van der Waals surface area contributed by atoms with E-state index in [0.717, 1.165) is 44.2 Å². The van der Waals surface area contributed by atoms with Crippen LogP contribution in [0.1, 0.15) is 11.1 Å². The van der Waals surface area contributed by atoms with E-state index in [1.165, 1.54) is 0 Å². The van der Waals surface area contributed by atoms with E-state index in [4.69, 9.17) is 14.7 Å². The van der Waals surface area contributed by atoms with Crippen LogP contribution in [0.25, 0.3) is 0 Å². The van der Waals surface area contributed by atoms with Gasteiger partial charge in [0.15, 0.2) is 0 Å². The largest absolute Gasteiger partial charge is 0.492 e. The van der Waals surface area contributed by atoms with E-state index < -0.39 is 0 Å². The number of nitriles is 1. The highest BCUT2D eigenvalue weighted by molar-refractivity contribution is 5.90. The van der Waals surface area contributed by atoms with Crippen molar-refractivity contribution in [2.75, 3.05) is 44.8 Å². The van der Waals surface area contributed by atoms with Gasteiger partial charge in [0.1, 0.15) is 18.4 Å². The highest BCUT2D eigenvalue weighted by atomic mass is 16.5. The lowest BCUT2D eigenvalue weighted by molar-refractivity contribution is 0.0322. The van der Waals surface area contributed by atoms with Crippen molar-refractivity contribution in [3.63, 3.8) is 0 Å². The third-order valence-electron chi connectivity index (χ3n) is 4.43. The lowest BCUT2D eigenvalue weighted by Gasteiger charge is -2.26. The summed E-state index contributed by atoms with van der Waals surface area (Å²) in [4.78, 5) is 14.4. The number of ether oxygens (including phenoxy) is 2. The number of anilines is 1. The molecule has 1 heterocycles. The third kappa shape index (κ3) is 5.98. The number of hydrogen-bond donors (Lipinski definition) is 2. The maximum absolute atomic E-state index is 12.1. The second kappa shape index (κ2) is 10.3. The van der Waals surface area contributed by atoms with Gasteiger partial charge in [0, 0.05) is 26.2 Å². The molecule has 2 aromatic carbocycles. The topological polar surface area (TPSA) is 86.6 Å². The molecule has 2 N–H and O–H groups in total. The van der Waals surface area contributed by atoms with E-state index in [0.29, 0.717) is 24.4 Å². The van der Waals surface area contributed by atoms with E-state index in [9.17, 15) is 4.79 Å². The number of benzene rings is 2. The average Bonchev–Trinajstić information content (AvgIpc) is 2.74. The maximum atomic E-state index is 12.1. The minimum atomic E-state index is -0.360. The summed E-state index contributed by atoms with van der Waals surface area (Å²) in [6.45, 7) is 5.29. The first-order valence-electron chi connectivity index (χ1n) is 9.30. The van der Waals surface area contributed by atoms with Crippen LogP contribution in [-0.2, 0) is 11.3 Å². The normalized spacial score (nSPS) is 14.1. The monoisotopic (exact) mass is 380 g/mol. The molecule has 7 heteroatoms. The first kappa shape index (κ1) is 19.7. The van der Waals surface area contributed by atoms with Crippen LogP contribution in [0.3, 0.4) is 0 Å². The fraction of sp³-hybridized carbons (Fsp3) is 0.333. The van der Waals surface area contributed by atoms with Crippen molar-refractivity contribution in [1.29, 1.82) is 5.26 Å². The molecular formula is C21H24N4O3. The summed E-state index contributed by atoms with van der Waals surface area (Å²) in [7, 11) is 0. The van der Waals surface area contributed by atoms with Crippen LogP contribution in [0.15, 0.2) is 48.5 Å². The number of carbonyl (C=O) groups excluding carboxylic acids is 1. The highest BCUT2D eigenvalue weighted by Crippen LogP contribution is 2.15. The molecule has 1 saturated heterocycles. The molecule has 0 bridgehead atoms. The number of urea groups is 1. The molecule has 3 rings (SSSR count). The molecule has 1 aliphatic heterocycles. The zero-order valence-corrected chi connectivity index (χ0v) is 15.7. The SMILES string of the molecule is N#Cc1ccccc1NC(=O)NCc1cccc(OCCN2CCOCC2)c1. The first-order chi connectivity index (χ1) is 13.7. The predicted molar refractivity (Wildman–Crippen MR) is 106 cm³/mol. The lowest BCUT2D eigenvalue weighted by atomic mass is 10.2. The first-order valence-corrected chi connectivity index (χ1v) is 9.30. The van der Waals surface area contributed by atoms with Crippen LogP contribution in [0.4, 0.5) is 10.5 Å². The van der Waals surface area contributed by atoms with Gasteiger partial charge in [-0.25, -0.2) is 4.79 Å². The zero-order chi connectivity index (χ0) is 19.6. The summed E-state index contributed by atoms with van der Waals surface area (Å²) in [6.07, 6.45) is 0. The van der Waals surface area contributed by atoms with Gasteiger partial charge in [0.2, 0.25) is 0 Å². The van der Waals surface area contributed by atoms with Crippen molar-refractivity contribution in [3.8, 4) is 11.8 Å². The summed E-state index contributed by atoms with van der Waals surface area (Å²) in [5.41, 5.74) is 1.85. The van der Waals surface area contributed by atoms with Crippen molar-refractivity contribution in [2.45, 2.75) is 6.54 Å². The molecule has 0 spiro atoms. The van der Waals surface area contributed by atoms with Crippen LogP contribution >= 0.6 is 0 Å². The van der Waals surface area contributed by atoms with E-state index in [1.807, 2.05) is 24.3 Å². The second-order valence-electron chi connectivity index (χ2n) is 6.41. The van der Waals surface area contributed by atoms with Gasteiger partial charge in [-0.1, -0.05) is 24.3 Å². The third-order valence-corrected chi connectivity index (χ3v) is 4.43. The fourth-order valence-corrected chi connectivity index (χ4v) is 2.90. The maximum Gasteiger partial charge on any atom is 0.319 e. The molecular weight excluding hydrogens is 356 g/mol. The van der Waals surface area contributed by atoms with Gasteiger partial charge in [-0.05, 0) is 29.8 Å². The molecule has 1 fully saturated rings. The van der Waals surface area contributed by atoms with E-state index in [1.54, 1.807) is 24.3 Å². The summed E-state index contributed by atoms with van der Waals surface area (Å²) in [5, 5.41) is 14.6. The van der Waals surface area contributed by atoms with Gasteiger partial charge < -0.3 is 20.1 Å². The van der Waals surface area contributed by atoms with Gasteiger partial charge in [0.05, 0.1) is 24.5 Å². The molecule has 0 unspecified atom stereocenters. The van der Waals surface area contributed by atoms with Gasteiger partial charge in [-0.3, -0.25) is 4.90 Å². The van der Waals surface area contributed by atoms with Gasteiger partial charge in [0.25, 0.3) is 0 Å². The van der Waals surface area contributed by atoms with E-state index in [-0.39, 0.29) is 6.03 Å². The Morgan fingerprint density at radius 2 is 2.00 bits per heavy atom. The Kier molecular flexibility index (Phi) is 7.24. The zero-order valence-electron chi connectivity index (χ0n) is 15.7. The Balaban J connectivity index is 1.45. The Labute approximate surface area is 164 Å². The van der Waals surface area contributed by atoms with Crippen LogP contribution in [-0.4, -0.2) is 50.4 Å². The summed E-state index contributed by atoms with van der Waals surface area (Å²) < 4.78 is 11.2. The van der Waals surface area contributed by atoms with Gasteiger partial charge in [-0.15, -0.1) is 0 Å². The number of hydrogen-bond acceptors (Lipinski definition) is 5. The molecule has 28 heavy (non-hydrogen) atoms. The minimum absolute atomic E-state index is 0.360. The molecule has 2 amide bonds. The molecule has 0 saturated carbocycles. The Hall–Kier alpha value is -3.08. The number of nitrogens with zero attached hydrogens (tertiary/aromatic N) is 2. The van der Waals surface area contributed by atoms with Crippen molar-refractivity contribution in [3.05, 3.63) is 59.7 Å². The van der Waals surface area contributed by atoms with Gasteiger partial charge in [-0.2, -0.15) is 5.26 Å². The van der Waals surface area contributed by atoms with E-state index in [2.05, 4.69) is 21.6 Å². The smallest absolute Gasteiger partial charge is 0.319 e. The summed E-state index contributed by atoms with van der Waals surface area (Å²) in [5.74, 6) is 0.780. The highest BCUT2D eigenvalue weighted by Gasteiger charge is 2.10. The molecule has 7 nitrogen and oxygen atoms in total. The summed E-state index contributed by atoms with van der Waals surface area (Å²) in [6, 6.07) is 16.2. The Morgan fingerprint density at radius 3 is 2.82 bits per heavy atom. The summed E-state index contributed by atoms with van der Waals surface area (Å²) >= 11 is 0. The molecule has 0 radical (unpaired) electrons. The molecule has 146 valence electrons. The van der Waals surface area contributed by atoms with Crippen LogP contribution in [0, 0.1) is 11.3 Å². The Morgan fingerprint density at radius 1 is 1.18 bits per heavy atom. The number of carbonyl (C=O) groups is 1. The fourth-order valence-electron chi connectivity index (χ4n) is 2.90. The van der Waals surface area contributed by atoms with Crippen LogP contribution in [0.5, 0.6) is 5.75 Å². The standard InChI is InChI=1S/C21H24N4O3/c22-15-18-5-1-2-7-20(18)24-21(26)23-16-17-4-3-6-19(14-17)28-13-10-25-8-11-27-12-9-25/h1-7,14H,8-13,16H2,(H2,23,24,26). The van der Waals surface area contributed by atoms with E-state index >= 15 is 0 Å². The number of rotatable bonds is 7. The molecule has 0 atom stereocenters. The number of nitrogens with one attached hydrogen (secondary N) is 2. The number of morpholine rings is 1. The minimum Gasteiger partial charge on any atom is -0.492 e. The van der Waals surface area contributed by atoms with Crippen molar-refractivity contribution >= 4 is 11.7 Å². The lowest BCUT2D eigenvalue weighted by Crippen LogP contribution is -2.38. The quantitative estimate of drug-likeness (QED) is 0.771. The average molecular weight is 380 g/mol. The molecule has 2 aromatic rings.